The number of unbranched alkanes of at least 4 members (excludes halogenated alkanes) is 1. The summed E-state index contributed by atoms with van der Waals surface area (Å²) in [5.41, 5.74) is 0. The summed E-state index contributed by atoms with van der Waals surface area (Å²) < 4.78 is 0. The van der Waals surface area contributed by atoms with Crippen molar-refractivity contribution in [2.75, 3.05) is 6.54 Å². The van der Waals surface area contributed by atoms with Crippen LogP contribution in [-0.2, 0) is 9.59 Å². The summed E-state index contributed by atoms with van der Waals surface area (Å²) in [4.78, 5) is 24.4. The van der Waals surface area contributed by atoms with Crippen molar-refractivity contribution in [3.8, 4) is 0 Å². The highest BCUT2D eigenvalue weighted by Gasteiger charge is 2.14. The average molecular weight is 395 g/mol. The van der Waals surface area contributed by atoms with Crippen molar-refractivity contribution in [1.82, 2.24) is 10.6 Å². The molecule has 0 bridgehead atoms. The first-order chi connectivity index (χ1) is 13.7. The molecule has 0 radical (unpaired) electrons. The Bertz CT molecular complexity index is 399. The number of rotatable bonds is 10. The standard InChI is InChI=1S/C24H46N2O2/c1-3-5-15-21(4-2)20-25-23(27)18-19-24(28)26-22-16-13-11-9-7-6-8-10-12-14-17-22/h21-22H,3-20H2,1-2H3,(H,25,27)(H,26,28)/t21-/m1/s1. The Morgan fingerprint density at radius 2 is 1.36 bits per heavy atom. The molecule has 2 amide bonds. The number of hydrogen-bond donors (Lipinski definition) is 2. The molecular formula is C24H46N2O2. The zero-order valence-corrected chi connectivity index (χ0v) is 18.7. The molecule has 1 saturated carbocycles. The van der Waals surface area contributed by atoms with E-state index >= 15 is 0 Å². The highest BCUT2D eigenvalue weighted by atomic mass is 16.2. The summed E-state index contributed by atoms with van der Waals surface area (Å²) in [6.45, 7) is 5.13. The molecule has 0 heterocycles. The molecule has 0 saturated heterocycles. The van der Waals surface area contributed by atoms with Crippen LogP contribution >= 0.6 is 0 Å². The molecule has 1 aliphatic carbocycles. The van der Waals surface area contributed by atoms with Crippen LogP contribution in [0, 0.1) is 5.92 Å². The predicted molar refractivity (Wildman–Crippen MR) is 118 cm³/mol. The van der Waals surface area contributed by atoms with Gasteiger partial charge >= 0.3 is 0 Å². The lowest BCUT2D eigenvalue weighted by Gasteiger charge is -2.20. The first-order valence-electron chi connectivity index (χ1n) is 12.2. The smallest absolute Gasteiger partial charge is 0.220 e. The molecule has 0 aromatic carbocycles. The summed E-state index contributed by atoms with van der Waals surface area (Å²) in [6, 6.07) is 0.300. The van der Waals surface area contributed by atoms with Gasteiger partial charge in [-0.05, 0) is 25.2 Å². The van der Waals surface area contributed by atoms with Crippen LogP contribution in [-0.4, -0.2) is 24.4 Å². The molecule has 4 heteroatoms. The summed E-state index contributed by atoms with van der Waals surface area (Å²) in [5.74, 6) is 0.628. The average Bonchev–Trinajstić information content (AvgIpc) is 2.68. The van der Waals surface area contributed by atoms with Crippen molar-refractivity contribution in [3.63, 3.8) is 0 Å². The summed E-state index contributed by atoms with van der Waals surface area (Å²) in [5, 5.41) is 6.24. The van der Waals surface area contributed by atoms with Gasteiger partial charge in [-0.1, -0.05) is 90.9 Å². The SMILES string of the molecule is CCCC[C@@H](CC)CNC(=O)CCC(=O)NC1CCCCCCCCCCC1. The number of hydrogen-bond acceptors (Lipinski definition) is 2. The zero-order valence-electron chi connectivity index (χ0n) is 18.7. The summed E-state index contributed by atoms with van der Waals surface area (Å²) in [6.07, 6.45) is 19.3. The van der Waals surface area contributed by atoms with Crippen LogP contribution in [0.25, 0.3) is 0 Å². The lowest BCUT2D eigenvalue weighted by molar-refractivity contribution is -0.127. The fourth-order valence-electron chi connectivity index (χ4n) is 4.12. The van der Waals surface area contributed by atoms with Crippen LogP contribution in [0.4, 0.5) is 0 Å². The third-order valence-electron chi connectivity index (χ3n) is 6.18. The maximum Gasteiger partial charge on any atom is 0.220 e. The first kappa shape index (κ1) is 25.0. The van der Waals surface area contributed by atoms with E-state index < -0.39 is 0 Å². The van der Waals surface area contributed by atoms with E-state index in [1.807, 2.05) is 0 Å². The molecule has 2 N–H and O–H groups in total. The number of nitrogens with one attached hydrogen (secondary N) is 2. The Morgan fingerprint density at radius 3 is 1.89 bits per heavy atom. The van der Waals surface area contributed by atoms with Crippen molar-refractivity contribution in [3.05, 3.63) is 0 Å². The number of carbonyl (C=O) groups excluding carboxylic acids is 2. The van der Waals surface area contributed by atoms with E-state index in [1.54, 1.807) is 0 Å². The van der Waals surface area contributed by atoms with Gasteiger partial charge in [0, 0.05) is 25.4 Å². The van der Waals surface area contributed by atoms with Gasteiger partial charge < -0.3 is 10.6 Å². The molecule has 0 unspecified atom stereocenters. The predicted octanol–water partition coefficient (Wildman–Crippen LogP) is 5.89. The molecule has 1 fully saturated rings. The molecule has 28 heavy (non-hydrogen) atoms. The zero-order chi connectivity index (χ0) is 20.5. The fraction of sp³-hybridized carbons (Fsp3) is 0.917. The molecule has 0 aromatic rings. The van der Waals surface area contributed by atoms with Gasteiger partial charge in [0.15, 0.2) is 0 Å². The van der Waals surface area contributed by atoms with E-state index in [9.17, 15) is 9.59 Å². The first-order valence-corrected chi connectivity index (χ1v) is 12.2. The Hall–Kier alpha value is -1.06. The van der Waals surface area contributed by atoms with Gasteiger partial charge in [0.25, 0.3) is 0 Å². The quantitative estimate of drug-likeness (QED) is 0.485. The third kappa shape index (κ3) is 13.2. The Balaban J connectivity index is 2.25. The summed E-state index contributed by atoms with van der Waals surface area (Å²) in [7, 11) is 0. The van der Waals surface area contributed by atoms with Gasteiger partial charge in [0.05, 0.1) is 0 Å². The molecule has 164 valence electrons. The van der Waals surface area contributed by atoms with E-state index in [-0.39, 0.29) is 11.8 Å². The normalized spacial score (nSPS) is 18.5. The van der Waals surface area contributed by atoms with Crippen molar-refractivity contribution < 1.29 is 9.59 Å². The maximum atomic E-state index is 12.3. The molecule has 0 aliphatic heterocycles. The van der Waals surface area contributed by atoms with Gasteiger partial charge in [-0.25, -0.2) is 0 Å². The van der Waals surface area contributed by atoms with Crippen molar-refractivity contribution in [2.24, 2.45) is 5.92 Å². The van der Waals surface area contributed by atoms with Crippen molar-refractivity contribution >= 4 is 11.8 Å². The Kier molecular flexibility index (Phi) is 15.0. The minimum Gasteiger partial charge on any atom is -0.356 e. The van der Waals surface area contributed by atoms with Crippen LogP contribution in [0.15, 0.2) is 0 Å². The largest absolute Gasteiger partial charge is 0.356 e. The van der Waals surface area contributed by atoms with Gasteiger partial charge in [-0.2, -0.15) is 0 Å². The highest BCUT2D eigenvalue weighted by molar-refractivity contribution is 5.83. The third-order valence-corrected chi connectivity index (χ3v) is 6.18. The maximum absolute atomic E-state index is 12.3. The molecule has 0 spiro atoms. The van der Waals surface area contributed by atoms with E-state index in [2.05, 4.69) is 24.5 Å². The van der Waals surface area contributed by atoms with Gasteiger partial charge in [-0.15, -0.1) is 0 Å². The van der Waals surface area contributed by atoms with E-state index in [1.165, 1.54) is 77.0 Å². The fourth-order valence-corrected chi connectivity index (χ4v) is 4.12. The highest BCUT2D eigenvalue weighted by Crippen LogP contribution is 2.17. The monoisotopic (exact) mass is 394 g/mol. The van der Waals surface area contributed by atoms with E-state index in [0.29, 0.717) is 24.8 Å². The van der Waals surface area contributed by atoms with E-state index in [4.69, 9.17) is 0 Å². The molecule has 1 atom stereocenters. The van der Waals surface area contributed by atoms with Crippen LogP contribution in [0.5, 0.6) is 0 Å². The number of amides is 2. The van der Waals surface area contributed by atoms with E-state index in [0.717, 1.165) is 25.8 Å². The lowest BCUT2D eigenvalue weighted by Crippen LogP contribution is -2.36. The second-order valence-corrected chi connectivity index (χ2v) is 8.74. The number of carbonyl (C=O) groups is 2. The van der Waals surface area contributed by atoms with Gasteiger partial charge in [-0.3, -0.25) is 9.59 Å². The molecule has 1 rings (SSSR count). The second kappa shape index (κ2) is 16.9. The molecular weight excluding hydrogens is 348 g/mol. The van der Waals surface area contributed by atoms with Gasteiger partial charge in [0.2, 0.25) is 11.8 Å². The van der Waals surface area contributed by atoms with Crippen molar-refractivity contribution in [2.45, 2.75) is 129 Å². The van der Waals surface area contributed by atoms with Crippen LogP contribution in [0.2, 0.25) is 0 Å². The minimum atomic E-state index is 0.0174. The Morgan fingerprint density at radius 1 is 0.821 bits per heavy atom. The van der Waals surface area contributed by atoms with Gasteiger partial charge in [0.1, 0.15) is 0 Å². The Labute approximate surface area is 174 Å². The molecule has 0 aromatic heterocycles. The summed E-state index contributed by atoms with van der Waals surface area (Å²) >= 11 is 0. The lowest BCUT2D eigenvalue weighted by atomic mass is 9.98. The second-order valence-electron chi connectivity index (χ2n) is 8.74. The van der Waals surface area contributed by atoms with Crippen LogP contribution in [0.1, 0.15) is 123 Å². The van der Waals surface area contributed by atoms with Crippen LogP contribution < -0.4 is 10.6 Å². The molecule has 4 nitrogen and oxygen atoms in total. The molecule has 1 aliphatic rings. The minimum absolute atomic E-state index is 0.0174. The van der Waals surface area contributed by atoms with Crippen LogP contribution in [0.3, 0.4) is 0 Å². The van der Waals surface area contributed by atoms with Crippen molar-refractivity contribution in [1.29, 1.82) is 0 Å². The topological polar surface area (TPSA) is 58.2 Å².